The molecule has 0 aromatic heterocycles. The van der Waals surface area contributed by atoms with Crippen LogP contribution in [0.2, 0.25) is 0 Å². The zero-order valence-corrected chi connectivity index (χ0v) is 20.1. The number of aliphatic hydroxyl groups is 3. The van der Waals surface area contributed by atoms with Crippen LogP contribution in [-0.2, 0) is 14.3 Å². The highest BCUT2D eigenvalue weighted by Crippen LogP contribution is 2.14. The van der Waals surface area contributed by atoms with Crippen LogP contribution in [0.4, 0.5) is 0 Å². The van der Waals surface area contributed by atoms with Crippen molar-refractivity contribution in [1.29, 1.82) is 0 Å². The van der Waals surface area contributed by atoms with Gasteiger partial charge >= 0.3 is 5.97 Å². The molecule has 0 saturated heterocycles. The molecule has 0 aliphatic heterocycles. The first kappa shape index (κ1) is 30.3. The summed E-state index contributed by atoms with van der Waals surface area (Å²) in [6.45, 7) is 1.68. The van der Waals surface area contributed by atoms with Gasteiger partial charge in [0.05, 0.1) is 19.8 Å². The largest absolute Gasteiger partial charge is 0.463 e. The number of hydrogen-bond donors (Lipinski definition) is 3. The summed E-state index contributed by atoms with van der Waals surface area (Å²) in [7, 11) is 0. The van der Waals surface area contributed by atoms with E-state index in [1.54, 1.807) is 0 Å². The van der Waals surface area contributed by atoms with E-state index >= 15 is 0 Å². The van der Waals surface area contributed by atoms with Crippen molar-refractivity contribution in [2.24, 2.45) is 0 Å². The van der Waals surface area contributed by atoms with Crippen LogP contribution < -0.4 is 0 Å². The molecule has 0 rings (SSSR count). The maximum atomic E-state index is 11.7. The lowest BCUT2D eigenvalue weighted by molar-refractivity contribution is -0.148. The Hall–Kier alpha value is -0.690. The molecule has 0 aliphatic rings. The van der Waals surface area contributed by atoms with Gasteiger partial charge in [-0.25, -0.2) is 0 Å². The van der Waals surface area contributed by atoms with Crippen LogP contribution in [0.5, 0.6) is 0 Å². The summed E-state index contributed by atoms with van der Waals surface area (Å²) in [5.74, 6) is -0.292. The maximum Gasteiger partial charge on any atom is 0.305 e. The van der Waals surface area contributed by atoms with E-state index in [2.05, 4.69) is 6.92 Å². The average Bonchev–Trinajstić information content (AvgIpc) is 2.77. The zero-order chi connectivity index (χ0) is 23.0. The number of ether oxygens (including phenoxy) is 2. The van der Waals surface area contributed by atoms with E-state index in [4.69, 9.17) is 19.7 Å². The van der Waals surface area contributed by atoms with Crippen molar-refractivity contribution < 1.29 is 29.6 Å². The van der Waals surface area contributed by atoms with E-state index < -0.39 is 12.2 Å². The molecule has 0 fully saturated rings. The fourth-order valence-corrected chi connectivity index (χ4v) is 3.52. The molecule has 31 heavy (non-hydrogen) atoms. The minimum atomic E-state index is -0.954. The highest BCUT2D eigenvalue weighted by atomic mass is 16.5. The lowest BCUT2D eigenvalue weighted by Gasteiger charge is -2.13. The Morgan fingerprint density at radius 3 is 1.52 bits per heavy atom. The van der Waals surface area contributed by atoms with E-state index in [-0.39, 0.29) is 32.4 Å². The lowest BCUT2D eigenvalue weighted by Crippen LogP contribution is -2.27. The molecule has 2 unspecified atom stereocenters. The number of unbranched alkanes of at least 4 members (excludes halogenated alkanes) is 15. The molecular formula is C25H50O6. The van der Waals surface area contributed by atoms with Gasteiger partial charge in [-0.1, -0.05) is 103 Å². The summed E-state index contributed by atoms with van der Waals surface area (Å²) in [5, 5.41) is 27.4. The number of rotatable bonds is 24. The number of hydrogen-bond acceptors (Lipinski definition) is 6. The van der Waals surface area contributed by atoms with Crippen molar-refractivity contribution >= 4 is 5.97 Å². The molecular weight excluding hydrogens is 396 g/mol. The van der Waals surface area contributed by atoms with E-state index in [9.17, 15) is 9.90 Å². The smallest absolute Gasteiger partial charge is 0.305 e. The molecule has 6 heteroatoms. The second kappa shape index (κ2) is 24.0. The van der Waals surface area contributed by atoms with E-state index in [1.807, 2.05) is 0 Å². The summed E-state index contributed by atoms with van der Waals surface area (Å²) in [4.78, 5) is 11.7. The van der Waals surface area contributed by atoms with Gasteiger partial charge in [0.1, 0.15) is 18.8 Å². The Kier molecular flexibility index (Phi) is 23.4. The molecule has 0 saturated carbocycles. The second-order valence-electron chi connectivity index (χ2n) is 8.76. The van der Waals surface area contributed by atoms with Crippen LogP contribution in [0.1, 0.15) is 116 Å². The van der Waals surface area contributed by atoms with Crippen LogP contribution in [0.25, 0.3) is 0 Å². The normalized spacial score (nSPS) is 13.3. The standard InChI is InChI=1S/C25H50O6/c1-2-3-4-5-6-7-8-9-10-11-12-13-14-15-16-17-18-25(29)31-22-24(28)21-30-20-23(27)19-26/h23-24,26-28H,2-22H2,1H3. The fraction of sp³-hybridized carbons (Fsp3) is 0.960. The summed E-state index contributed by atoms with van der Waals surface area (Å²) in [6, 6.07) is 0. The highest BCUT2D eigenvalue weighted by Gasteiger charge is 2.10. The van der Waals surface area contributed by atoms with Gasteiger partial charge < -0.3 is 24.8 Å². The number of carbonyl (C=O) groups excluding carboxylic acids is 1. The molecule has 0 aromatic rings. The minimum absolute atomic E-state index is 0.0383. The summed E-state index contributed by atoms with van der Waals surface area (Å²) < 4.78 is 10.1. The Labute approximate surface area is 190 Å². The summed E-state index contributed by atoms with van der Waals surface area (Å²) >= 11 is 0. The highest BCUT2D eigenvalue weighted by molar-refractivity contribution is 5.69. The molecule has 0 radical (unpaired) electrons. The lowest BCUT2D eigenvalue weighted by atomic mass is 10.0. The third kappa shape index (κ3) is 23.8. The van der Waals surface area contributed by atoms with Gasteiger partial charge in [0.25, 0.3) is 0 Å². The fourth-order valence-electron chi connectivity index (χ4n) is 3.52. The quantitative estimate of drug-likeness (QED) is 0.144. The first-order valence-electron chi connectivity index (χ1n) is 12.8. The van der Waals surface area contributed by atoms with Gasteiger partial charge in [-0.05, 0) is 6.42 Å². The molecule has 0 spiro atoms. The first-order chi connectivity index (χ1) is 15.1. The van der Waals surface area contributed by atoms with Gasteiger partial charge in [0, 0.05) is 6.42 Å². The molecule has 0 aromatic carbocycles. The molecule has 3 N–H and O–H groups in total. The predicted molar refractivity (Wildman–Crippen MR) is 125 cm³/mol. The van der Waals surface area contributed by atoms with E-state index in [0.29, 0.717) is 6.42 Å². The van der Waals surface area contributed by atoms with Crippen molar-refractivity contribution in [3.05, 3.63) is 0 Å². The molecule has 0 heterocycles. The van der Waals surface area contributed by atoms with Crippen LogP contribution in [0.3, 0.4) is 0 Å². The van der Waals surface area contributed by atoms with Crippen molar-refractivity contribution in [3.8, 4) is 0 Å². The zero-order valence-electron chi connectivity index (χ0n) is 20.1. The predicted octanol–water partition coefficient (Wildman–Crippen LogP) is 4.91. The second-order valence-corrected chi connectivity index (χ2v) is 8.76. The first-order valence-corrected chi connectivity index (χ1v) is 12.8. The molecule has 0 aliphatic carbocycles. The number of aliphatic hydroxyl groups excluding tert-OH is 3. The van der Waals surface area contributed by atoms with Gasteiger partial charge in [-0.3, -0.25) is 4.79 Å². The molecule has 2 atom stereocenters. The number of esters is 1. The Balaban J connectivity index is 3.26. The Morgan fingerprint density at radius 2 is 1.06 bits per heavy atom. The van der Waals surface area contributed by atoms with Gasteiger partial charge in [0.15, 0.2) is 0 Å². The van der Waals surface area contributed by atoms with Crippen LogP contribution in [0, 0.1) is 0 Å². The molecule has 186 valence electrons. The van der Waals surface area contributed by atoms with E-state index in [0.717, 1.165) is 19.3 Å². The van der Waals surface area contributed by atoms with Gasteiger partial charge in [-0.2, -0.15) is 0 Å². The summed E-state index contributed by atoms with van der Waals surface area (Å²) in [6.07, 6.45) is 19.3. The minimum Gasteiger partial charge on any atom is -0.463 e. The average molecular weight is 447 g/mol. The Bertz CT molecular complexity index is 377. The molecule has 6 nitrogen and oxygen atoms in total. The monoisotopic (exact) mass is 446 g/mol. The van der Waals surface area contributed by atoms with Crippen molar-refractivity contribution in [2.45, 2.75) is 128 Å². The van der Waals surface area contributed by atoms with Crippen molar-refractivity contribution in [1.82, 2.24) is 0 Å². The Morgan fingerprint density at radius 1 is 0.645 bits per heavy atom. The van der Waals surface area contributed by atoms with Crippen molar-refractivity contribution in [2.75, 3.05) is 26.4 Å². The van der Waals surface area contributed by atoms with Crippen LogP contribution in [0.15, 0.2) is 0 Å². The third-order valence-electron chi connectivity index (χ3n) is 5.50. The molecule has 0 amide bonds. The summed E-state index contributed by atoms with van der Waals surface area (Å²) in [5.41, 5.74) is 0. The van der Waals surface area contributed by atoms with Gasteiger partial charge in [0.2, 0.25) is 0 Å². The number of carbonyl (C=O) groups is 1. The van der Waals surface area contributed by atoms with Crippen LogP contribution in [-0.4, -0.2) is 59.9 Å². The topological polar surface area (TPSA) is 96.2 Å². The van der Waals surface area contributed by atoms with E-state index in [1.165, 1.54) is 83.5 Å². The SMILES string of the molecule is CCCCCCCCCCCCCCCCCCC(=O)OCC(O)COCC(O)CO. The van der Waals surface area contributed by atoms with Crippen molar-refractivity contribution in [3.63, 3.8) is 0 Å². The maximum absolute atomic E-state index is 11.7. The van der Waals surface area contributed by atoms with Gasteiger partial charge in [-0.15, -0.1) is 0 Å². The molecule has 0 bridgehead atoms. The third-order valence-corrected chi connectivity index (χ3v) is 5.50. The van der Waals surface area contributed by atoms with Crippen LogP contribution >= 0.6 is 0 Å².